The number of nitrogens with zero attached hydrogens (tertiary/aromatic N) is 1. The van der Waals surface area contributed by atoms with E-state index in [1.807, 2.05) is 0 Å². The second-order valence-corrected chi connectivity index (χ2v) is 10.5. The van der Waals surface area contributed by atoms with Gasteiger partial charge in [-0.2, -0.15) is 12.7 Å². The van der Waals surface area contributed by atoms with E-state index in [0.717, 1.165) is 4.31 Å². The normalized spacial score (nSPS) is 16.5. The first-order chi connectivity index (χ1) is 18.7. The lowest BCUT2D eigenvalue weighted by Crippen LogP contribution is -2.55. The van der Waals surface area contributed by atoms with Crippen LogP contribution in [0.2, 0.25) is 0 Å². The van der Waals surface area contributed by atoms with E-state index in [2.05, 4.69) is 26.0 Å². The minimum Gasteiger partial charge on any atom is -0.481 e. The third kappa shape index (κ3) is 12.1. The summed E-state index contributed by atoms with van der Waals surface area (Å²) in [6.45, 7) is 3.37. The Morgan fingerprint density at radius 3 is 1.98 bits per heavy atom. The van der Waals surface area contributed by atoms with Gasteiger partial charge in [-0.1, -0.05) is 0 Å². The summed E-state index contributed by atoms with van der Waals surface area (Å²) in [5, 5.41) is 18.4. The highest BCUT2D eigenvalue weighted by atomic mass is 32.2. The maximum absolute atomic E-state index is 12.3. The molecule has 0 spiro atoms. The second-order valence-electron chi connectivity index (χ2n) is 8.83. The number of nitrogens with one attached hydrogen (secondary N) is 5. The van der Waals surface area contributed by atoms with Crippen molar-refractivity contribution in [2.45, 2.75) is 51.7 Å². The van der Waals surface area contributed by atoms with Gasteiger partial charge in [0.05, 0.1) is 12.5 Å². The van der Waals surface area contributed by atoms with Gasteiger partial charge in [0.15, 0.2) is 6.61 Å². The summed E-state index contributed by atoms with van der Waals surface area (Å²) in [5.74, 6) is -4.61. The molecule has 0 aromatic carbocycles. The highest BCUT2D eigenvalue weighted by Gasteiger charge is 2.32. The van der Waals surface area contributed by atoms with Gasteiger partial charge in [0.1, 0.15) is 24.9 Å². The van der Waals surface area contributed by atoms with E-state index in [9.17, 15) is 37.2 Å². The van der Waals surface area contributed by atoms with Crippen LogP contribution >= 0.6 is 0 Å². The number of carbonyl (C=O) groups is 6. The first-order valence-corrected chi connectivity index (χ1v) is 13.7. The van der Waals surface area contributed by atoms with Gasteiger partial charge >= 0.3 is 22.3 Å². The molecule has 8 N–H and O–H groups in total. The summed E-state index contributed by atoms with van der Waals surface area (Å²) in [6, 6.07) is -3.19. The average Bonchev–Trinajstić information content (AvgIpc) is 2.89. The molecular weight excluding hydrogens is 558 g/mol. The van der Waals surface area contributed by atoms with Gasteiger partial charge in [0.25, 0.3) is 5.91 Å². The van der Waals surface area contributed by atoms with Crippen LogP contribution in [0.15, 0.2) is 0 Å². The lowest BCUT2D eigenvalue weighted by atomic mass is 9.99. The Labute approximate surface area is 231 Å². The van der Waals surface area contributed by atoms with Crippen LogP contribution < -0.4 is 31.7 Å². The molecule has 1 fully saturated rings. The number of amides is 5. The number of hydrogen-bond donors (Lipinski definition) is 7. The highest BCUT2D eigenvalue weighted by Crippen LogP contribution is 2.19. The molecule has 18 nitrogen and oxygen atoms in total. The van der Waals surface area contributed by atoms with Crippen LogP contribution in [0.4, 0.5) is 4.79 Å². The Bertz CT molecular complexity index is 1030. The van der Waals surface area contributed by atoms with E-state index >= 15 is 0 Å². The zero-order valence-electron chi connectivity index (χ0n) is 22.4. The third-order valence-electron chi connectivity index (χ3n) is 5.58. The van der Waals surface area contributed by atoms with Crippen molar-refractivity contribution < 1.29 is 51.8 Å². The van der Waals surface area contributed by atoms with Crippen molar-refractivity contribution in [3.63, 3.8) is 0 Å². The molecule has 3 atom stereocenters. The van der Waals surface area contributed by atoms with Crippen molar-refractivity contribution in [2.75, 3.05) is 39.6 Å². The van der Waals surface area contributed by atoms with Gasteiger partial charge in [-0.15, -0.1) is 0 Å². The molecule has 0 aromatic rings. The monoisotopic (exact) mass is 595 g/mol. The molecule has 1 saturated heterocycles. The van der Waals surface area contributed by atoms with E-state index < -0.39 is 76.6 Å². The summed E-state index contributed by atoms with van der Waals surface area (Å²) in [7, 11) is -4.31. The summed E-state index contributed by atoms with van der Waals surface area (Å²) < 4.78 is 36.6. The predicted octanol–water partition coefficient (Wildman–Crippen LogP) is -3.68. The van der Waals surface area contributed by atoms with Gasteiger partial charge in [-0.05, 0) is 33.6 Å². The van der Waals surface area contributed by atoms with Crippen molar-refractivity contribution in [1.29, 1.82) is 0 Å². The first-order valence-electron chi connectivity index (χ1n) is 12.3. The number of carbonyl (C=O) groups excluding carboxylic acids is 5. The summed E-state index contributed by atoms with van der Waals surface area (Å²) in [5.41, 5.74) is 5.26. The SMILES string of the molecule is C[C@H](NC(=O)COC(=O)NS(=O)(=O)N1CCC(C(=O)O)CC1)C(=O)N[C@@H](C)C(=O)N[C@@H](C)C(=O)NCOCCN. The molecule has 0 aliphatic carbocycles. The van der Waals surface area contributed by atoms with Gasteiger partial charge < -0.3 is 41.6 Å². The standard InChI is InChI=1S/C21H37N7O11S/c1-12(17(30)23-11-38-9-6-22)25-19(32)14(3)26-18(31)13(2)24-16(29)10-39-21(35)27-40(36,37)28-7-4-15(5-8-28)20(33)34/h12-15H,4-11,22H2,1-3H3,(H,23,30)(H,24,29)(H,25,32)(H,26,31)(H,27,35)(H,33,34)/t12-,13-,14-/m0/s1. The molecule has 0 bridgehead atoms. The molecule has 0 aromatic heterocycles. The highest BCUT2D eigenvalue weighted by molar-refractivity contribution is 7.87. The smallest absolute Gasteiger partial charge is 0.422 e. The number of piperidine rings is 1. The Morgan fingerprint density at radius 1 is 0.925 bits per heavy atom. The number of hydrogen-bond acceptors (Lipinski definition) is 11. The fraction of sp³-hybridized carbons (Fsp3) is 0.714. The fourth-order valence-corrected chi connectivity index (χ4v) is 4.35. The lowest BCUT2D eigenvalue weighted by molar-refractivity contribution is -0.143. The molecule has 0 saturated carbocycles. The number of carboxylic acid groups (broad SMARTS) is 1. The number of carboxylic acids is 1. The summed E-state index contributed by atoms with van der Waals surface area (Å²) >= 11 is 0. The molecule has 1 heterocycles. The van der Waals surface area contributed by atoms with Crippen LogP contribution in [0.3, 0.4) is 0 Å². The minimum atomic E-state index is -4.31. The van der Waals surface area contributed by atoms with E-state index in [1.165, 1.54) is 20.8 Å². The topological polar surface area (TPSA) is 265 Å². The average molecular weight is 596 g/mol. The molecule has 1 aliphatic rings. The first kappa shape index (κ1) is 34.5. The third-order valence-corrected chi connectivity index (χ3v) is 7.04. The van der Waals surface area contributed by atoms with Crippen molar-refractivity contribution in [2.24, 2.45) is 11.7 Å². The number of ether oxygens (including phenoxy) is 2. The van der Waals surface area contributed by atoms with Crippen LogP contribution in [-0.4, -0.2) is 111 Å². The van der Waals surface area contributed by atoms with Crippen molar-refractivity contribution in [3.05, 3.63) is 0 Å². The molecule has 1 aliphatic heterocycles. The number of nitrogens with two attached hydrogens (primary N) is 1. The number of rotatable bonds is 15. The molecule has 40 heavy (non-hydrogen) atoms. The fourth-order valence-electron chi connectivity index (χ4n) is 3.26. The van der Waals surface area contributed by atoms with Crippen molar-refractivity contribution >= 4 is 45.9 Å². The Balaban J connectivity index is 2.40. The maximum atomic E-state index is 12.3. The predicted molar refractivity (Wildman–Crippen MR) is 136 cm³/mol. The van der Waals surface area contributed by atoms with Crippen LogP contribution in [0, 0.1) is 5.92 Å². The molecule has 19 heteroatoms. The van der Waals surface area contributed by atoms with Gasteiger partial charge in [0.2, 0.25) is 17.7 Å². The molecule has 0 radical (unpaired) electrons. The Hall–Kier alpha value is -3.55. The van der Waals surface area contributed by atoms with Gasteiger partial charge in [0, 0.05) is 19.6 Å². The molecular formula is C21H37N7O11S. The van der Waals surface area contributed by atoms with Crippen LogP contribution in [0.25, 0.3) is 0 Å². The summed E-state index contributed by atoms with van der Waals surface area (Å²) in [4.78, 5) is 71.5. The number of aliphatic carboxylic acids is 1. The zero-order valence-corrected chi connectivity index (χ0v) is 23.2. The molecule has 228 valence electrons. The van der Waals surface area contributed by atoms with Gasteiger partial charge in [-0.25, -0.2) is 9.52 Å². The Morgan fingerprint density at radius 2 is 1.45 bits per heavy atom. The molecule has 5 amide bonds. The van der Waals surface area contributed by atoms with Crippen LogP contribution in [-0.2, 0) is 43.7 Å². The Kier molecular flexibility index (Phi) is 14.2. The van der Waals surface area contributed by atoms with Crippen molar-refractivity contribution in [3.8, 4) is 0 Å². The van der Waals surface area contributed by atoms with Crippen molar-refractivity contribution in [1.82, 2.24) is 30.3 Å². The molecule has 1 rings (SSSR count). The van der Waals surface area contributed by atoms with Gasteiger partial charge in [-0.3, -0.25) is 24.0 Å². The quantitative estimate of drug-likeness (QED) is 0.0713. The molecule has 0 unspecified atom stereocenters. The maximum Gasteiger partial charge on any atom is 0.422 e. The second kappa shape index (κ2) is 16.5. The largest absolute Gasteiger partial charge is 0.481 e. The van der Waals surface area contributed by atoms with E-state index in [1.54, 1.807) is 4.72 Å². The van der Waals surface area contributed by atoms with E-state index in [0.29, 0.717) is 0 Å². The summed E-state index contributed by atoms with van der Waals surface area (Å²) in [6.07, 6.45) is -1.29. The zero-order chi connectivity index (χ0) is 30.5. The van der Waals surface area contributed by atoms with E-state index in [4.69, 9.17) is 15.6 Å². The van der Waals surface area contributed by atoms with E-state index in [-0.39, 0.29) is 45.8 Å². The minimum absolute atomic E-state index is 0.0767. The van der Waals surface area contributed by atoms with Crippen LogP contribution in [0.1, 0.15) is 33.6 Å². The van der Waals surface area contributed by atoms with Crippen LogP contribution in [0.5, 0.6) is 0 Å². The lowest BCUT2D eigenvalue weighted by Gasteiger charge is -2.28.